The van der Waals surface area contributed by atoms with Crippen molar-refractivity contribution >= 4 is 11.5 Å². The van der Waals surface area contributed by atoms with Crippen LogP contribution in [-0.2, 0) is 0 Å². The minimum atomic E-state index is 0.169. The van der Waals surface area contributed by atoms with Gasteiger partial charge in [0.2, 0.25) is 0 Å². The summed E-state index contributed by atoms with van der Waals surface area (Å²) in [4.78, 5) is 10.9. The Labute approximate surface area is 56.9 Å². The second-order valence-electron chi connectivity index (χ2n) is 2.30. The molecule has 1 aliphatic rings. The van der Waals surface area contributed by atoms with Crippen molar-refractivity contribution in [3.05, 3.63) is 21.8 Å². The molecular weight excluding hydrogens is 134 g/mol. The molecule has 0 aromatic carbocycles. The van der Waals surface area contributed by atoms with Gasteiger partial charge in [-0.3, -0.25) is 8.75 Å². The SMILES string of the molecule is O=c1ccsn1C1CC1. The van der Waals surface area contributed by atoms with Crippen molar-refractivity contribution in [2.75, 3.05) is 0 Å². The van der Waals surface area contributed by atoms with Gasteiger partial charge in [-0.2, -0.15) is 0 Å². The van der Waals surface area contributed by atoms with Crippen molar-refractivity contribution in [2.45, 2.75) is 18.9 Å². The van der Waals surface area contributed by atoms with Gasteiger partial charge in [0.25, 0.3) is 5.56 Å². The monoisotopic (exact) mass is 141 g/mol. The Morgan fingerprint density at radius 3 is 2.89 bits per heavy atom. The summed E-state index contributed by atoms with van der Waals surface area (Å²) >= 11 is 1.52. The zero-order chi connectivity index (χ0) is 6.27. The topological polar surface area (TPSA) is 22.0 Å². The van der Waals surface area contributed by atoms with Crippen LogP contribution in [-0.4, -0.2) is 3.96 Å². The van der Waals surface area contributed by atoms with Crippen molar-refractivity contribution in [1.29, 1.82) is 0 Å². The summed E-state index contributed by atoms with van der Waals surface area (Å²) in [6, 6.07) is 2.18. The fraction of sp³-hybridized carbons (Fsp3) is 0.500. The van der Waals surface area contributed by atoms with Gasteiger partial charge in [0.1, 0.15) is 0 Å². The van der Waals surface area contributed by atoms with Crippen LogP contribution in [0.2, 0.25) is 0 Å². The van der Waals surface area contributed by atoms with E-state index in [1.165, 1.54) is 24.4 Å². The molecule has 0 radical (unpaired) electrons. The summed E-state index contributed by atoms with van der Waals surface area (Å²) in [7, 11) is 0. The molecule has 1 aromatic heterocycles. The molecule has 2 rings (SSSR count). The summed E-state index contributed by atoms with van der Waals surface area (Å²) < 4.78 is 1.85. The van der Waals surface area contributed by atoms with Crippen molar-refractivity contribution in [1.82, 2.24) is 3.96 Å². The molecule has 1 aromatic rings. The standard InChI is InChI=1S/C6H7NOS/c8-6-3-4-9-7(6)5-1-2-5/h3-5H,1-2H2. The molecule has 0 N–H and O–H groups in total. The van der Waals surface area contributed by atoms with Crippen LogP contribution in [0.15, 0.2) is 16.2 Å². The molecule has 0 amide bonds. The molecule has 0 aliphatic heterocycles. The van der Waals surface area contributed by atoms with E-state index < -0.39 is 0 Å². The Morgan fingerprint density at radius 2 is 2.44 bits per heavy atom. The lowest BCUT2D eigenvalue weighted by atomic mass is 10.7. The van der Waals surface area contributed by atoms with Crippen LogP contribution in [0.1, 0.15) is 18.9 Å². The molecule has 3 heteroatoms. The zero-order valence-corrected chi connectivity index (χ0v) is 5.73. The van der Waals surface area contributed by atoms with Crippen LogP contribution >= 0.6 is 11.5 Å². The van der Waals surface area contributed by atoms with Gasteiger partial charge in [0.05, 0.1) is 0 Å². The second kappa shape index (κ2) is 1.70. The van der Waals surface area contributed by atoms with Crippen LogP contribution < -0.4 is 5.56 Å². The zero-order valence-electron chi connectivity index (χ0n) is 4.91. The molecule has 0 saturated heterocycles. The summed E-state index contributed by atoms with van der Waals surface area (Å²) in [6.45, 7) is 0. The van der Waals surface area contributed by atoms with Gasteiger partial charge in [-0.25, -0.2) is 0 Å². The minimum absolute atomic E-state index is 0.169. The second-order valence-corrected chi connectivity index (χ2v) is 3.18. The van der Waals surface area contributed by atoms with Gasteiger partial charge in [0.15, 0.2) is 0 Å². The minimum Gasteiger partial charge on any atom is -0.268 e. The third-order valence-electron chi connectivity index (χ3n) is 1.48. The van der Waals surface area contributed by atoms with E-state index in [0.717, 1.165) is 0 Å². The Morgan fingerprint density at radius 1 is 1.67 bits per heavy atom. The highest BCUT2D eigenvalue weighted by Crippen LogP contribution is 2.34. The molecule has 1 aliphatic carbocycles. The number of aromatic nitrogens is 1. The Hall–Kier alpha value is -0.570. The highest BCUT2D eigenvalue weighted by molar-refractivity contribution is 7.04. The van der Waals surface area contributed by atoms with E-state index >= 15 is 0 Å². The molecule has 0 atom stereocenters. The third kappa shape index (κ3) is 0.812. The summed E-state index contributed by atoms with van der Waals surface area (Å²) in [5.74, 6) is 0. The Kier molecular flexibility index (Phi) is 0.990. The normalized spacial score (nSPS) is 18.2. The summed E-state index contributed by atoms with van der Waals surface area (Å²) in [5.41, 5.74) is 0.169. The lowest BCUT2D eigenvalue weighted by molar-refractivity contribution is 0.789. The molecule has 2 nitrogen and oxygen atoms in total. The first-order chi connectivity index (χ1) is 4.38. The lowest BCUT2D eigenvalue weighted by Gasteiger charge is -1.90. The Bertz CT molecular complexity index is 258. The van der Waals surface area contributed by atoms with Crippen LogP contribution in [0, 0.1) is 0 Å². The fourth-order valence-corrected chi connectivity index (χ4v) is 1.71. The van der Waals surface area contributed by atoms with Crippen molar-refractivity contribution in [2.24, 2.45) is 0 Å². The molecular formula is C6H7NOS. The molecule has 0 bridgehead atoms. The van der Waals surface area contributed by atoms with E-state index in [9.17, 15) is 4.79 Å². The van der Waals surface area contributed by atoms with Gasteiger partial charge >= 0.3 is 0 Å². The number of nitrogens with zero attached hydrogens (tertiary/aromatic N) is 1. The number of hydrogen-bond donors (Lipinski definition) is 0. The van der Waals surface area contributed by atoms with Crippen molar-refractivity contribution in [3.8, 4) is 0 Å². The lowest BCUT2D eigenvalue weighted by Crippen LogP contribution is -2.09. The van der Waals surface area contributed by atoms with Crippen LogP contribution in [0.5, 0.6) is 0 Å². The van der Waals surface area contributed by atoms with E-state index in [-0.39, 0.29) is 5.56 Å². The molecule has 0 unspecified atom stereocenters. The highest BCUT2D eigenvalue weighted by Gasteiger charge is 2.24. The van der Waals surface area contributed by atoms with E-state index in [4.69, 9.17) is 0 Å². The van der Waals surface area contributed by atoms with Crippen LogP contribution in [0.3, 0.4) is 0 Å². The predicted octanol–water partition coefficient (Wildman–Crippen LogP) is 1.24. The Balaban J connectivity index is 2.47. The van der Waals surface area contributed by atoms with Crippen molar-refractivity contribution in [3.63, 3.8) is 0 Å². The van der Waals surface area contributed by atoms with Gasteiger partial charge in [0, 0.05) is 17.5 Å². The molecule has 1 fully saturated rings. The molecule has 0 spiro atoms. The molecule has 9 heavy (non-hydrogen) atoms. The number of rotatable bonds is 1. The molecule has 1 saturated carbocycles. The molecule has 48 valence electrons. The maximum Gasteiger partial charge on any atom is 0.260 e. The van der Waals surface area contributed by atoms with Gasteiger partial charge in [-0.1, -0.05) is 11.5 Å². The first-order valence-corrected chi connectivity index (χ1v) is 3.88. The number of hydrogen-bond acceptors (Lipinski definition) is 2. The van der Waals surface area contributed by atoms with E-state index in [0.29, 0.717) is 6.04 Å². The van der Waals surface area contributed by atoms with Gasteiger partial charge in [-0.15, -0.1) is 0 Å². The van der Waals surface area contributed by atoms with Gasteiger partial charge in [-0.05, 0) is 12.8 Å². The first-order valence-electron chi connectivity index (χ1n) is 3.04. The quantitative estimate of drug-likeness (QED) is 0.576. The van der Waals surface area contributed by atoms with E-state index in [2.05, 4.69) is 0 Å². The highest BCUT2D eigenvalue weighted by atomic mass is 32.1. The van der Waals surface area contributed by atoms with Crippen LogP contribution in [0.25, 0.3) is 0 Å². The summed E-state index contributed by atoms with van der Waals surface area (Å²) in [6.07, 6.45) is 2.39. The maximum atomic E-state index is 10.9. The summed E-state index contributed by atoms with van der Waals surface area (Å²) in [5, 5.41) is 1.85. The van der Waals surface area contributed by atoms with Gasteiger partial charge < -0.3 is 0 Å². The molecule has 1 heterocycles. The largest absolute Gasteiger partial charge is 0.268 e. The van der Waals surface area contributed by atoms with Crippen LogP contribution in [0.4, 0.5) is 0 Å². The first kappa shape index (κ1) is 5.23. The predicted molar refractivity (Wildman–Crippen MR) is 36.9 cm³/mol. The van der Waals surface area contributed by atoms with E-state index in [1.54, 1.807) is 6.07 Å². The average Bonchev–Trinajstić information content (AvgIpc) is 2.58. The van der Waals surface area contributed by atoms with Crippen molar-refractivity contribution < 1.29 is 0 Å². The fourth-order valence-electron chi connectivity index (χ4n) is 0.855. The average molecular weight is 141 g/mol. The maximum absolute atomic E-state index is 10.9. The van der Waals surface area contributed by atoms with E-state index in [1.807, 2.05) is 9.34 Å². The smallest absolute Gasteiger partial charge is 0.260 e. The third-order valence-corrected chi connectivity index (χ3v) is 2.44.